The van der Waals surface area contributed by atoms with E-state index in [0.29, 0.717) is 13.1 Å². The number of alkyl halides is 3. The predicted molar refractivity (Wildman–Crippen MR) is 63.4 cm³/mol. The zero-order chi connectivity index (χ0) is 13.5. The van der Waals surface area contributed by atoms with E-state index in [1.165, 1.54) is 0 Å². The number of benzene rings is 1. The van der Waals surface area contributed by atoms with Crippen molar-refractivity contribution in [2.75, 3.05) is 4.90 Å². The lowest BCUT2D eigenvalue weighted by Gasteiger charge is -2.16. The van der Waals surface area contributed by atoms with Gasteiger partial charge in [0.15, 0.2) is 0 Å². The van der Waals surface area contributed by atoms with Crippen molar-refractivity contribution in [3.8, 4) is 0 Å². The second kappa shape index (κ2) is 4.22. The number of halogens is 3. The van der Waals surface area contributed by atoms with Crippen LogP contribution in [0.5, 0.6) is 0 Å². The first-order chi connectivity index (χ1) is 9.04. The van der Waals surface area contributed by atoms with Gasteiger partial charge >= 0.3 is 6.18 Å². The van der Waals surface area contributed by atoms with Crippen LogP contribution < -0.4 is 4.90 Å². The van der Waals surface area contributed by atoms with Crippen LogP contribution in [0.1, 0.15) is 16.8 Å². The molecule has 98 valence electrons. The molecule has 2 aromatic rings. The van der Waals surface area contributed by atoms with E-state index in [2.05, 4.69) is 9.97 Å². The van der Waals surface area contributed by atoms with Gasteiger partial charge in [0, 0.05) is 19.3 Å². The Hall–Kier alpha value is -2.11. The summed E-state index contributed by atoms with van der Waals surface area (Å²) in [5.41, 5.74) is 1.29. The maximum absolute atomic E-state index is 12.6. The molecule has 0 bridgehead atoms. The minimum Gasteiger partial charge on any atom is -0.332 e. The van der Waals surface area contributed by atoms with Gasteiger partial charge < -0.3 is 4.90 Å². The van der Waals surface area contributed by atoms with Crippen molar-refractivity contribution in [1.82, 2.24) is 9.97 Å². The van der Waals surface area contributed by atoms with Crippen molar-refractivity contribution >= 4 is 5.95 Å². The van der Waals surface area contributed by atoms with E-state index in [-0.39, 0.29) is 5.95 Å². The summed E-state index contributed by atoms with van der Waals surface area (Å²) in [7, 11) is 0. The normalized spacial score (nSPS) is 14.6. The topological polar surface area (TPSA) is 29.0 Å². The summed E-state index contributed by atoms with van der Waals surface area (Å²) in [4.78, 5) is 9.27. The molecular weight excluding hydrogens is 255 g/mol. The molecule has 0 spiro atoms. The van der Waals surface area contributed by atoms with Crippen molar-refractivity contribution in [3.05, 3.63) is 53.3 Å². The molecular formula is C13H10F3N3. The average molecular weight is 265 g/mol. The first kappa shape index (κ1) is 12.0. The van der Waals surface area contributed by atoms with Crippen molar-refractivity contribution in [1.29, 1.82) is 0 Å². The summed E-state index contributed by atoms with van der Waals surface area (Å²) in [5, 5.41) is 0. The van der Waals surface area contributed by atoms with Gasteiger partial charge in [0.05, 0.1) is 0 Å². The van der Waals surface area contributed by atoms with E-state index in [1.807, 2.05) is 24.3 Å². The molecule has 0 amide bonds. The summed E-state index contributed by atoms with van der Waals surface area (Å²) in [6.07, 6.45) is -3.29. The highest BCUT2D eigenvalue weighted by atomic mass is 19.4. The highest BCUT2D eigenvalue weighted by Gasteiger charge is 2.33. The van der Waals surface area contributed by atoms with Gasteiger partial charge in [0.25, 0.3) is 0 Å². The maximum Gasteiger partial charge on any atom is 0.433 e. The van der Waals surface area contributed by atoms with E-state index in [1.54, 1.807) is 4.90 Å². The Morgan fingerprint density at radius 2 is 1.63 bits per heavy atom. The molecule has 0 atom stereocenters. The second-order valence-corrected chi connectivity index (χ2v) is 4.36. The highest BCUT2D eigenvalue weighted by molar-refractivity contribution is 5.43. The SMILES string of the molecule is FC(F)(F)c1ccnc(N2Cc3ccccc3C2)n1. The third-order valence-electron chi connectivity index (χ3n) is 3.06. The fraction of sp³-hybridized carbons (Fsp3) is 0.231. The van der Waals surface area contributed by atoms with Crippen LogP contribution in [-0.4, -0.2) is 9.97 Å². The number of nitrogens with zero attached hydrogens (tertiary/aromatic N) is 3. The lowest BCUT2D eigenvalue weighted by molar-refractivity contribution is -0.141. The number of aromatic nitrogens is 2. The Balaban J connectivity index is 1.90. The van der Waals surface area contributed by atoms with Gasteiger partial charge in [-0.3, -0.25) is 0 Å². The molecule has 1 aliphatic heterocycles. The minimum absolute atomic E-state index is 0.117. The van der Waals surface area contributed by atoms with Crippen LogP contribution in [0.2, 0.25) is 0 Å². The molecule has 19 heavy (non-hydrogen) atoms. The Bertz CT molecular complexity index is 585. The standard InChI is InChI=1S/C13H10F3N3/c14-13(15,16)11-5-6-17-12(18-11)19-7-9-3-1-2-4-10(9)8-19/h1-6H,7-8H2. The van der Waals surface area contributed by atoms with Gasteiger partial charge in [-0.25, -0.2) is 9.97 Å². The van der Waals surface area contributed by atoms with Crippen LogP contribution in [0.3, 0.4) is 0 Å². The van der Waals surface area contributed by atoms with Gasteiger partial charge in [0.1, 0.15) is 5.69 Å². The number of fused-ring (bicyclic) bond motifs is 1. The van der Waals surface area contributed by atoms with Crippen LogP contribution >= 0.6 is 0 Å². The molecule has 0 unspecified atom stereocenters. The van der Waals surface area contributed by atoms with Crippen LogP contribution in [0, 0.1) is 0 Å². The molecule has 0 aliphatic carbocycles. The highest BCUT2D eigenvalue weighted by Crippen LogP contribution is 2.30. The number of rotatable bonds is 1. The fourth-order valence-corrected chi connectivity index (χ4v) is 2.13. The second-order valence-electron chi connectivity index (χ2n) is 4.36. The van der Waals surface area contributed by atoms with Gasteiger partial charge in [-0.15, -0.1) is 0 Å². The molecule has 2 heterocycles. The van der Waals surface area contributed by atoms with E-state index in [4.69, 9.17) is 0 Å². The van der Waals surface area contributed by atoms with Gasteiger partial charge in [-0.2, -0.15) is 13.2 Å². The monoisotopic (exact) mass is 265 g/mol. The van der Waals surface area contributed by atoms with Gasteiger partial charge in [-0.05, 0) is 17.2 Å². The Kier molecular flexibility index (Phi) is 2.66. The number of anilines is 1. The smallest absolute Gasteiger partial charge is 0.332 e. The molecule has 1 aliphatic rings. The Morgan fingerprint density at radius 1 is 1.00 bits per heavy atom. The van der Waals surface area contributed by atoms with Crippen molar-refractivity contribution in [3.63, 3.8) is 0 Å². The largest absolute Gasteiger partial charge is 0.433 e. The Morgan fingerprint density at radius 3 is 2.21 bits per heavy atom. The molecule has 3 rings (SSSR count). The maximum atomic E-state index is 12.6. The molecule has 1 aromatic heterocycles. The molecule has 0 N–H and O–H groups in total. The minimum atomic E-state index is -4.44. The third-order valence-corrected chi connectivity index (χ3v) is 3.06. The molecule has 0 saturated heterocycles. The lowest BCUT2D eigenvalue weighted by atomic mass is 10.1. The fourth-order valence-electron chi connectivity index (χ4n) is 2.13. The van der Waals surface area contributed by atoms with Crippen molar-refractivity contribution in [2.45, 2.75) is 19.3 Å². The average Bonchev–Trinajstić information content (AvgIpc) is 2.81. The Labute approximate surface area is 107 Å². The van der Waals surface area contributed by atoms with Gasteiger partial charge in [-0.1, -0.05) is 24.3 Å². The summed E-state index contributed by atoms with van der Waals surface area (Å²) >= 11 is 0. The lowest BCUT2D eigenvalue weighted by Crippen LogP contribution is -2.19. The summed E-state index contributed by atoms with van der Waals surface area (Å²) in [5.74, 6) is 0.117. The van der Waals surface area contributed by atoms with Crippen molar-refractivity contribution < 1.29 is 13.2 Å². The zero-order valence-corrected chi connectivity index (χ0v) is 9.85. The summed E-state index contributed by atoms with van der Waals surface area (Å²) in [6, 6.07) is 8.63. The summed E-state index contributed by atoms with van der Waals surface area (Å²) in [6.45, 7) is 1.08. The predicted octanol–water partition coefficient (Wildman–Crippen LogP) is 3.02. The van der Waals surface area contributed by atoms with Gasteiger partial charge in [0.2, 0.25) is 5.95 Å². The van der Waals surface area contributed by atoms with Crippen LogP contribution in [-0.2, 0) is 19.3 Å². The third kappa shape index (κ3) is 2.25. The molecule has 1 aromatic carbocycles. The molecule has 6 heteroatoms. The molecule has 0 radical (unpaired) electrons. The van der Waals surface area contributed by atoms with Crippen LogP contribution in [0.25, 0.3) is 0 Å². The van der Waals surface area contributed by atoms with E-state index >= 15 is 0 Å². The number of hydrogen-bond donors (Lipinski definition) is 0. The van der Waals surface area contributed by atoms with E-state index in [0.717, 1.165) is 23.4 Å². The summed E-state index contributed by atoms with van der Waals surface area (Å²) < 4.78 is 37.8. The molecule has 0 saturated carbocycles. The van der Waals surface area contributed by atoms with Crippen LogP contribution in [0.4, 0.5) is 19.1 Å². The number of hydrogen-bond acceptors (Lipinski definition) is 3. The molecule has 3 nitrogen and oxygen atoms in total. The van der Waals surface area contributed by atoms with E-state index < -0.39 is 11.9 Å². The molecule has 0 fully saturated rings. The van der Waals surface area contributed by atoms with Crippen molar-refractivity contribution in [2.24, 2.45) is 0 Å². The first-order valence-corrected chi connectivity index (χ1v) is 5.76. The quantitative estimate of drug-likeness (QED) is 0.793. The zero-order valence-electron chi connectivity index (χ0n) is 9.85. The van der Waals surface area contributed by atoms with E-state index in [9.17, 15) is 13.2 Å². The van der Waals surface area contributed by atoms with Crippen LogP contribution in [0.15, 0.2) is 36.5 Å². The first-order valence-electron chi connectivity index (χ1n) is 5.76.